The van der Waals surface area contributed by atoms with Crippen molar-refractivity contribution >= 4 is 29.1 Å². The molecule has 240 valence electrons. The van der Waals surface area contributed by atoms with E-state index < -0.39 is 0 Å². The van der Waals surface area contributed by atoms with Crippen LogP contribution in [0.5, 0.6) is 5.88 Å². The normalized spacial score (nSPS) is 18.2. The van der Waals surface area contributed by atoms with E-state index in [1.54, 1.807) is 20.2 Å². The number of nitrogens with zero attached hydrogens (tertiary/aromatic N) is 2. The molecule has 2 aromatic carbocycles. The molecule has 0 spiro atoms. The molecule has 4 N–H and O–H groups in total. The van der Waals surface area contributed by atoms with E-state index >= 15 is 0 Å². The van der Waals surface area contributed by atoms with Gasteiger partial charge in [0.25, 0.3) is 0 Å². The van der Waals surface area contributed by atoms with Crippen molar-refractivity contribution < 1.29 is 14.6 Å². The predicted molar refractivity (Wildman–Crippen MR) is 183 cm³/mol. The van der Waals surface area contributed by atoms with Gasteiger partial charge in [0, 0.05) is 72.2 Å². The van der Waals surface area contributed by atoms with Crippen molar-refractivity contribution in [1.82, 2.24) is 25.9 Å². The van der Waals surface area contributed by atoms with Crippen molar-refractivity contribution in [3.63, 3.8) is 0 Å². The largest absolute Gasteiger partial charge is 0.481 e. The summed E-state index contributed by atoms with van der Waals surface area (Å²) in [6.45, 7) is 3.61. The van der Waals surface area contributed by atoms with Gasteiger partial charge in [0.2, 0.25) is 11.8 Å². The van der Waals surface area contributed by atoms with Gasteiger partial charge in [-0.3, -0.25) is 9.78 Å². The number of aliphatic hydroxyl groups excluding tert-OH is 1. The first-order chi connectivity index (χ1) is 22.3. The van der Waals surface area contributed by atoms with Crippen molar-refractivity contribution in [3.05, 3.63) is 87.5 Å². The number of methoxy groups -OCH3 is 1. The lowest BCUT2D eigenvalue weighted by Gasteiger charge is -2.27. The highest BCUT2D eigenvalue weighted by molar-refractivity contribution is 6.39. The lowest BCUT2D eigenvalue weighted by molar-refractivity contribution is -0.119. The van der Waals surface area contributed by atoms with E-state index in [9.17, 15) is 9.90 Å². The zero-order valence-corrected chi connectivity index (χ0v) is 27.6. The summed E-state index contributed by atoms with van der Waals surface area (Å²) in [5.74, 6) is 0.621. The molecule has 3 heterocycles. The Kier molecular flexibility index (Phi) is 10.2. The number of benzene rings is 2. The van der Waals surface area contributed by atoms with Gasteiger partial charge >= 0.3 is 0 Å². The molecule has 0 bridgehead atoms. The van der Waals surface area contributed by atoms with E-state index in [4.69, 9.17) is 32.9 Å². The number of carbonyl (C=O) groups is 1. The summed E-state index contributed by atoms with van der Waals surface area (Å²) in [7, 11) is 1.61. The highest BCUT2D eigenvalue weighted by atomic mass is 35.5. The van der Waals surface area contributed by atoms with Gasteiger partial charge in [0.1, 0.15) is 0 Å². The molecule has 2 aliphatic rings. The maximum atomic E-state index is 11.5. The summed E-state index contributed by atoms with van der Waals surface area (Å²) in [5.41, 5.74) is 8.16. The molecular formula is C36H39Cl2N5O3. The molecule has 0 saturated carbocycles. The minimum Gasteiger partial charge on any atom is -0.481 e. The van der Waals surface area contributed by atoms with Gasteiger partial charge in [-0.15, -0.1) is 0 Å². The Morgan fingerprint density at radius 1 is 1.04 bits per heavy atom. The molecule has 0 radical (unpaired) electrons. The summed E-state index contributed by atoms with van der Waals surface area (Å²) in [5, 5.41) is 20.7. The van der Waals surface area contributed by atoms with Crippen LogP contribution in [0.15, 0.2) is 60.8 Å². The Labute approximate surface area is 279 Å². The zero-order chi connectivity index (χ0) is 32.2. The first-order valence-electron chi connectivity index (χ1n) is 15.8. The summed E-state index contributed by atoms with van der Waals surface area (Å²) in [6, 6.07) is 18.5. The van der Waals surface area contributed by atoms with Crippen LogP contribution in [0.4, 0.5) is 0 Å². The molecule has 1 aliphatic carbocycles. The third-order valence-corrected chi connectivity index (χ3v) is 9.56. The average Bonchev–Trinajstić information content (AvgIpc) is 3.48. The zero-order valence-electron chi connectivity index (χ0n) is 26.1. The maximum absolute atomic E-state index is 11.5. The number of amides is 1. The van der Waals surface area contributed by atoms with Crippen LogP contribution in [0.25, 0.3) is 33.6 Å². The highest BCUT2D eigenvalue weighted by Crippen LogP contribution is 2.42. The fraction of sp³-hybridized carbons (Fsp3) is 0.361. The summed E-state index contributed by atoms with van der Waals surface area (Å²) >= 11 is 14.2. The first kappa shape index (κ1) is 32.4. The van der Waals surface area contributed by atoms with Gasteiger partial charge < -0.3 is 25.8 Å². The lowest BCUT2D eigenvalue weighted by atomic mass is 9.86. The molecule has 1 unspecified atom stereocenters. The lowest BCUT2D eigenvalue weighted by Crippen LogP contribution is -2.35. The Morgan fingerprint density at radius 3 is 2.65 bits per heavy atom. The Bertz CT molecular complexity index is 1730. The average molecular weight is 661 g/mol. The molecule has 6 rings (SSSR count). The standard InChI is InChI=1S/C36H39Cl2N5O3/c1-21(44)18-41-30-8-3-5-22-17-23(9-12-26(22)30)35-34(38)28(15-16-40-35)27-6-4-7-29(33(27)37)31-13-10-24(36(43-31)46-2)19-39-20-25-11-14-32(45)42-25/h4,6-7,9-10,12-13,15-17,21,25,30,39,41,44H,3,5,8,11,14,18-20H2,1-2H3,(H,42,45)/t21-,25-,30?/m1/s1. The van der Waals surface area contributed by atoms with E-state index in [1.807, 2.05) is 36.4 Å². The fourth-order valence-corrected chi connectivity index (χ4v) is 7.07. The van der Waals surface area contributed by atoms with E-state index in [-0.39, 0.29) is 24.1 Å². The first-order valence-corrected chi connectivity index (χ1v) is 16.6. The number of hydrogen-bond acceptors (Lipinski definition) is 7. The number of pyridine rings is 2. The SMILES string of the molecule is COc1nc(-c2cccc(-c3ccnc(-c4ccc5c(c4)CCCC5NC[C@@H](C)O)c3Cl)c2Cl)ccc1CNC[C@H]1CCC(=O)N1. The highest BCUT2D eigenvalue weighted by Gasteiger charge is 2.23. The number of aryl methyl sites for hydroxylation is 1. The van der Waals surface area contributed by atoms with Crippen molar-refractivity contribution in [2.45, 2.75) is 63.8 Å². The van der Waals surface area contributed by atoms with E-state index in [0.29, 0.717) is 53.4 Å². The van der Waals surface area contributed by atoms with Crippen LogP contribution in [0.3, 0.4) is 0 Å². The number of nitrogens with one attached hydrogen (secondary N) is 3. The minimum absolute atomic E-state index is 0.105. The number of rotatable bonds is 11. The Morgan fingerprint density at radius 2 is 1.87 bits per heavy atom. The van der Waals surface area contributed by atoms with Crippen LogP contribution in [-0.2, 0) is 17.8 Å². The fourth-order valence-electron chi connectivity index (χ4n) is 6.42. The number of halogens is 2. The van der Waals surface area contributed by atoms with Gasteiger partial charge in [-0.1, -0.05) is 59.6 Å². The second-order valence-electron chi connectivity index (χ2n) is 12.1. The van der Waals surface area contributed by atoms with Crippen LogP contribution in [0.2, 0.25) is 10.0 Å². The van der Waals surface area contributed by atoms with Crippen LogP contribution in [0.1, 0.15) is 55.3 Å². The van der Waals surface area contributed by atoms with Crippen molar-refractivity contribution in [1.29, 1.82) is 0 Å². The third kappa shape index (κ3) is 7.06. The smallest absolute Gasteiger partial charge is 0.220 e. The predicted octanol–water partition coefficient (Wildman–Crippen LogP) is 6.51. The van der Waals surface area contributed by atoms with Gasteiger partial charge in [-0.05, 0) is 61.9 Å². The molecule has 1 saturated heterocycles. The topological polar surface area (TPSA) is 108 Å². The Balaban J connectivity index is 1.25. The number of hydrogen-bond donors (Lipinski definition) is 4. The van der Waals surface area contributed by atoms with Crippen LogP contribution in [-0.4, -0.2) is 53.3 Å². The summed E-state index contributed by atoms with van der Waals surface area (Å²) < 4.78 is 5.65. The number of aromatic nitrogens is 2. The van der Waals surface area contributed by atoms with E-state index in [2.05, 4.69) is 39.1 Å². The second-order valence-corrected chi connectivity index (χ2v) is 12.9. The molecule has 1 amide bonds. The summed E-state index contributed by atoms with van der Waals surface area (Å²) in [4.78, 5) is 21.0. The third-order valence-electron chi connectivity index (χ3n) is 8.77. The molecule has 2 aromatic heterocycles. The van der Waals surface area contributed by atoms with Gasteiger partial charge in [-0.25, -0.2) is 4.98 Å². The summed E-state index contributed by atoms with van der Waals surface area (Å²) in [6.07, 6.45) is 5.92. The molecule has 4 aromatic rings. The van der Waals surface area contributed by atoms with Crippen molar-refractivity contribution in [3.8, 4) is 39.5 Å². The van der Waals surface area contributed by atoms with Crippen molar-refractivity contribution in [2.24, 2.45) is 0 Å². The molecule has 3 atom stereocenters. The number of fused-ring (bicyclic) bond motifs is 1. The second kappa shape index (κ2) is 14.5. The maximum Gasteiger partial charge on any atom is 0.220 e. The van der Waals surface area contributed by atoms with E-state index in [1.165, 1.54) is 11.1 Å². The monoisotopic (exact) mass is 659 g/mol. The molecule has 1 aliphatic heterocycles. The minimum atomic E-state index is -0.390. The van der Waals surface area contributed by atoms with Crippen LogP contribution in [0, 0.1) is 0 Å². The Hall–Kier alpha value is -3.53. The van der Waals surface area contributed by atoms with Gasteiger partial charge in [-0.2, -0.15) is 0 Å². The molecule has 8 nitrogen and oxygen atoms in total. The van der Waals surface area contributed by atoms with Gasteiger partial charge in [0.15, 0.2) is 0 Å². The van der Waals surface area contributed by atoms with E-state index in [0.717, 1.165) is 53.5 Å². The molecule has 10 heteroatoms. The van der Waals surface area contributed by atoms with Gasteiger partial charge in [0.05, 0.1) is 34.6 Å². The van der Waals surface area contributed by atoms with Crippen LogP contribution >= 0.6 is 23.2 Å². The molecule has 46 heavy (non-hydrogen) atoms. The van der Waals surface area contributed by atoms with Crippen LogP contribution < -0.4 is 20.7 Å². The number of carbonyl (C=O) groups excluding carboxylic acids is 1. The quantitative estimate of drug-likeness (QED) is 0.145. The molecule has 1 fully saturated rings. The number of aliphatic hydroxyl groups is 1. The van der Waals surface area contributed by atoms with Crippen molar-refractivity contribution in [2.75, 3.05) is 20.2 Å². The number of ether oxygens (including phenoxy) is 1. The molecular weight excluding hydrogens is 621 g/mol.